The minimum absolute atomic E-state index is 0. The summed E-state index contributed by atoms with van der Waals surface area (Å²) in [5.41, 5.74) is 0.164. The maximum absolute atomic E-state index is 11.1. The van der Waals surface area contributed by atoms with Crippen molar-refractivity contribution in [2.45, 2.75) is 4.90 Å². The van der Waals surface area contributed by atoms with Crippen molar-refractivity contribution >= 4 is 15.9 Å². The Morgan fingerprint density at radius 2 is 1.60 bits per heavy atom. The predicted octanol–water partition coefficient (Wildman–Crippen LogP) is -3.74. The SMILES string of the molecule is O.O.O=C1[N-]S(=O)(=O)c2ccccc21.[K+]. The number of fused-ring (bicyclic) bond motifs is 1. The van der Waals surface area contributed by atoms with Gasteiger partial charge in [0, 0.05) is 5.56 Å². The molecule has 1 aliphatic rings. The van der Waals surface area contributed by atoms with Crippen LogP contribution in [0.25, 0.3) is 4.72 Å². The molecule has 0 saturated heterocycles. The number of nitrogens with zero attached hydrogens (tertiary/aromatic N) is 1. The van der Waals surface area contributed by atoms with Crippen molar-refractivity contribution in [2.75, 3.05) is 0 Å². The van der Waals surface area contributed by atoms with Crippen molar-refractivity contribution in [1.82, 2.24) is 0 Å². The van der Waals surface area contributed by atoms with Gasteiger partial charge in [-0.05, 0) is 6.07 Å². The van der Waals surface area contributed by atoms with Crippen LogP contribution in [0.1, 0.15) is 10.4 Å². The molecule has 1 aromatic rings. The third-order valence-corrected chi connectivity index (χ3v) is 2.92. The fraction of sp³-hybridized carbons (Fsp3) is 0. The van der Waals surface area contributed by atoms with Gasteiger partial charge in [-0.1, -0.05) is 18.2 Å². The van der Waals surface area contributed by atoms with Gasteiger partial charge >= 0.3 is 51.4 Å². The van der Waals surface area contributed by atoms with Crippen molar-refractivity contribution in [2.24, 2.45) is 0 Å². The average molecular weight is 257 g/mol. The molecule has 1 aliphatic heterocycles. The maximum Gasteiger partial charge on any atom is 1.00 e. The Hall–Kier alpha value is 0.196. The zero-order valence-corrected chi connectivity index (χ0v) is 11.8. The van der Waals surface area contributed by atoms with E-state index in [2.05, 4.69) is 4.72 Å². The number of benzene rings is 1. The summed E-state index contributed by atoms with van der Waals surface area (Å²) in [6.45, 7) is 0. The van der Waals surface area contributed by atoms with Crippen LogP contribution in [0.5, 0.6) is 0 Å². The Bertz CT molecular complexity index is 458. The molecule has 78 valence electrons. The van der Waals surface area contributed by atoms with E-state index in [0.29, 0.717) is 0 Å². The number of hydrogen-bond acceptors (Lipinski definition) is 3. The molecule has 4 N–H and O–H groups in total. The molecule has 0 spiro atoms. The molecule has 1 amide bonds. The van der Waals surface area contributed by atoms with Crippen LogP contribution in [-0.4, -0.2) is 25.3 Å². The molecular formula is C7H8KNO5S. The summed E-state index contributed by atoms with van der Waals surface area (Å²) < 4.78 is 25.2. The molecule has 0 bridgehead atoms. The first-order chi connectivity index (χ1) is 5.61. The number of carbonyl (C=O) groups excluding carboxylic acids is 1. The van der Waals surface area contributed by atoms with E-state index in [0.717, 1.165) is 0 Å². The van der Waals surface area contributed by atoms with E-state index in [1.54, 1.807) is 12.1 Å². The monoisotopic (exact) mass is 257 g/mol. The molecule has 0 saturated carbocycles. The molecule has 6 nitrogen and oxygen atoms in total. The van der Waals surface area contributed by atoms with Gasteiger partial charge in [0.2, 0.25) is 0 Å². The van der Waals surface area contributed by atoms with Crippen LogP contribution in [-0.2, 0) is 10.0 Å². The topological polar surface area (TPSA) is 128 Å². The molecule has 0 unspecified atom stereocenters. The van der Waals surface area contributed by atoms with Crippen molar-refractivity contribution in [3.05, 3.63) is 34.6 Å². The number of carbonyl (C=O) groups is 1. The van der Waals surface area contributed by atoms with Crippen molar-refractivity contribution in [3.8, 4) is 0 Å². The molecular weight excluding hydrogens is 249 g/mol. The molecule has 0 radical (unpaired) electrons. The summed E-state index contributed by atoms with van der Waals surface area (Å²) in [4.78, 5) is 10.9. The van der Waals surface area contributed by atoms with E-state index in [4.69, 9.17) is 0 Å². The number of rotatable bonds is 0. The molecule has 0 aromatic heterocycles. The van der Waals surface area contributed by atoms with Gasteiger partial charge in [0.25, 0.3) is 0 Å². The summed E-state index contributed by atoms with van der Waals surface area (Å²) in [6, 6.07) is 5.99. The Morgan fingerprint density at radius 3 is 2.13 bits per heavy atom. The second-order valence-corrected chi connectivity index (χ2v) is 3.94. The summed E-state index contributed by atoms with van der Waals surface area (Å²) in [5, 5.41) is 0. The molecule has 0 atom stereocenters. The fourth-order valence-electron chi connectivity index (χ4n) is 1.08. The second kappa shape index (κ2) is 6.06. The van der Waals surface area contributed by atoms with E-state index in [9.17, 15) is 13.2 Å². The zero-order valence-electron chi connectivity index (χ0n) is 7.89. The van der Waals surface area contributed by atoms with Crippen LogP contribution in [0, 0.1) is 0 Å². The average Bonchev–Trinajstić information content (AvgIpc) is 2.25. The van der Waals surface area contributed by atoms with E-state index in [1.807, 2.05) is 0 Å². The Kier molecular flexibility index (Phi) is 7.11. The summed E-state index contributed by atoms with van der Waals surface area (Å²) in [5.74, 6) is -0.675. The molecule has 1 aromatic carbocycles. The summed E-state index contributed by atoms with van der Waals surface area (Å²) >= 11 is 0. The first kappa shape index (κ1) is 17.6. The third-order valence-electron chi connectivity index (χ3n) is 1.60. The number of hydrogen-bond donors (Lipinski definition) is 0. The van der Waals surface area contributed by atoms with Crippen LogP contribution in [0.15, 0.2) is 29.2 Å². The molecule has 0 fully saturated rings. The quantitative estimate of drug-likeness (QED) is 0.443. The van der Waals surface area contributed by atoms with Crippen LogP contribution < -0.4 is 51.4 Å². The van der Waals surface area contributed by atoms with Gasteiger partial charge in [-0.2, -0.15) is 0 Å². The van der Waals surface area contributed by atoms with Crippen molar-refractivity contribution in [3.63, 3.8) is 0 Å². The molecule has 0 aliphatic carbocycles. The predicted molar refractivity (Wildman–Crippen MR) is 48.5 cm³/mol. The van der Waals surface area contributed by atoms with Crippen molar-refractivity contribution in [1.29, 1.82) is 0 Å². The second-order valence-electron chi connectivity index (χ2n) is 2.37. The normalized spacial score (nSPS) is 14.8. The number of amides is 1. The van der Waals surface area contributed by atoms with Crippen LogP contribution in [0.2, 0.25) is 0 Å². The summed E-state index contributed by atoms with van der Waals surface area (Å²) in [7, 11) is -3.68. The molecule has 15 heavy (non-hydrogen) atoms. The molecule has 2 rings (SSSR count). The van der Waals surface area contributed by atoms with E-state index < -0.39 is 15.9 Å². The van der Waals surface area contributed by atoms with Crippen molar-refractivity contribution < 1.29 is 75.5 Å². The number of sulfonamides is 1. The Labute approximate surface area is 129 Å². The first-order valence-corrected chi connectivity index (χ1v) is 4.67. The van der Waals surface area contributed by atoms with Gasteiger partial charge in [0.05, 0.1) is 10.8 Å². The Balaban J connectivity index is 0. The minimum Gasteiger partial charge on any atom is -0.537 e. The van der Waals surface area contributed by atoms with Gasteiger partial charge in [-0.3, -0.25) is 0 Å². The zero-order chi connectivity index (χ0) is 8.77. The van der Waals surface area contributed by atoms with E-state index in [-0.39, 0.29) is 72.8 Å². The van der Waals surface area contributed by atoms with Gasteiger partial charge in [-0.25, -0.2) is 8.42 Å². The third kappa shape index (κ3) is 3.08. The molecule has 1 heterocycles. The van der Waals surface area contributed by atoms with E-state index >= 15 is 0 Å². The smallest absolute Gasteiger partial charge is 0.537 e. The first-order valence-electron chi connectivity index (χ1n) is 3.23. The van der Waals surface area contributed by atoms with Gasteiger partial charge in [0.15, 0.2) is 0 Å². The van der Waals surface area contributed by atoms with Gasteiger partial charge in [-0.15, -0.1) is 0 Å². The van der Waals surface area contributed by atoms with Crippen LogP contribution in [0.4, 0.5) is 0 Å². The van der Waals surface area contributed by atoms with Gasteiger partial charge in [0.1, 0.15) is 10.0 Å². The summed E-state index contributed by atoms with van der Waals surface area (Å²) in [6.07, 6.45) is 0. The van der Waals surface area contributed by atoms with Crippen LogP contribution in [0.3, 0.4) is 0 Å². The fourth-order valence-corrected chi connectivity index (χ4v) is 2.17. The van der Waals surface area contributed by atoms with Crippen LogP contribution >= 0.6 is 0 Å². The minimum atomic E-state index is -3.68. The van der Waals surface area contributed by atoms with Gasteiger partial charge < -0.3 is 20.5 Å². The standard InChI is InChI=1S/C7H5NO3S.K.2H2O/c9-7-5-3-1-2-4-6(5)12(10,11)8-7;;;/h1-4H,(H,8,9);;2*1H2/q;+1;;/p-1. The maximum atomic E-state index is 11.1. The Morgan fingerprint density at radius 1 is 1.07 bits per heavy atom. The molecule has 8 heteroatoms. The largest absolute Gasteiger partial charge is 1.00 e. The van der Waals surface area contributed by atoms with E-state index in [1.165, 1.54) is 12.1 Å².